The number of rotatable bonds is 23. The molecule has 0 bridgehead atoms. The van der Waals surface area contributed by atoms with Gasteiger partial charge in [-0.25, -0.2) is 0 Å². The fourth-order valence-electron chi connectivity index (χ4n) is 3.68. The van der Waals surface area contributed by atoms with Crippen LogP contribution in [-0.4, -0.2) is 26.2 Å². The summed E-state index contributed by atoms with van der Waals surface area (Å²) < 4.78 is 0. The van der Waals surface area contributed by atoms with Gasteiger partial charge in [-0.3, -0.25) is 0 Å². The molecule has 158 valence electrons. The van der Waals surface area contributed by atoms with Gasteiger partial charge in [0.05, 0.1) is 0 Å². The van der Waals surface area contributed by atoms with Crippen LogP contribution in [0.5, 0.6) is 0 Å². The third-order valence-corrected chi connectivity index (χ3v) is 5.46. The van der Waals surface area contributed by atoms with Crippen molar-refractivity contribution in [2.24, 2.45) is 0 Å². The average Bonchev–Trinajstić information content (AvgIpc) is 2.66. The normalized spacial score (nSPS) is 11.3. The van der Waals surface area contributed by atoms with Crippen LogP contribution in [0.4, 0.5) is 0 Å². The Kier molecular flexibility index (Phi) is 24.8. The molecule has 2 nitrogen and oxygen atoms in total. The van der Waals surface area contributed by atoms with Crippen LogP contribution in [0.2, 0.25) is 0 Å². The topological polar surface area (TPSA) is 24.1 Å². The van der Waals surface area contributed by atoms with Gasteiger partial charge in [0.25, 0.3) is 0 Å². The number of unbranched alkanes of at least 4 members (excludes halogenated alkanes) is 17. The molecule has 0 aliphatic rings. The molecule has 0 heterocycles. The summed E-state index contributed by atoms with van der Waals surface area (Å²) in [6.07, 6.45) is 26.1. The summed E-state index contributed by atoms with van der Waals surface area (Å²) in [5, 5.41) is 6.81. The zero-order valence-corrected chi connectivity index (χ0v) is 18.6. The summed E-state index contributed by atoms with van der Waals surface area (Å²) >= 11 is 0. The van der Waals surface area contributed by atoms with E-state index in [4.69, 9.17) is 0 Å². The van der Waals surface area contributed by atoms with Crippen molar-refractivity contribution >= 4 is 0 Å². The first-order valence-electron chi connectivity index (χ1n) is 12.3. The van der Waals surface area contributed by atoms with Gasteiger partial charge in [-0.15, -0.1) is 0 Å². The van der Waals surface area contributed by atoms with Crippen molar-refractivity contribution in [3.8, 4) is 0 Å². The fraction of sp³-hybridized carbons (Fsp3) is 1.00. The van der Waals surface area contributed by atoms with E-state index in [-0.39, 0.29) is 0 Å². The van der Waals surface area contributed by atoms with Gasteiger partial charge in [0.2, 0.25) is 0 Å². The molecule has 26 heavy (non-hydrogen) atoms. The maximum absolute atomic E-state index is 3.41. The molecule has 0 spiro atoms. The summed E-state index contributed by atoms with van der Waals surface area (Å²) in [4.78, 5) is 0. The van der Waals surface area contributed by atoms with E-state index < -0.39 is 0 Å². The van der Waals surface area contributed by atoms with Crippen molar-refractivity contribution in [3.63, 3.8) is 0 Å². The van der Waals surface area contributed by atoms with Gasteiger partial charge < -0.3 is 10.6 Å². The largest absolute Gasteiger partial charge is 0.317 e. The molecule has 0 saturated carbocycles. The maximum atomic E-state index is 3.41. The SMILES string of the molecule is CCNCCCCCCCCCCCCCCCCCCCCNCC. The minimum Gasteiger partial charge on any atom is -0.317 e. The lowest BCUT2D eigenvalue weighted by atomic mass is 10.0. The van der Waals surface area contributed by atoms with E-state index in [1.807, 2.05) is 0 Å². The molecule has 0 radical (unpaired) electrons. The van der Waals surface area contributed by atoms with Crippen molar-refractivity contribution in [2.45, 2.75) is 129 Å². The second kappa shape index (κ2) is 24.9. The first-order chi connectivity index (χ1) is 12.9. The van der Waals surface area contributed by atoms with Crippen LogP contribution in [0.15, 0.2) is 0 Å². The van der Waals surface area contributed by atoms with Crippen LogP contribution in [0.3, 0.4) is 0 Å². The molecule has 0 saturated heterocycles. The van der Waals surface area contributed by atoms with Crippen molar-refractivity contribution in [3.05, 3.63) is 0 Å². The molecule has 0 aromatic heterocycles. The Balaban J connectivity index is 2.95. The molecule has 0 aliphatic carbocycles. The highest BCUT2D eigenvalue weighted by atomic mass is 14.8. The molecular weight excluding hydrogens is 316 g/mol. The van der Waals surface area contributed by atoms with Crippen LogP contribution in [0, 0.1) is 0 Å². The summed E-state index contributed by atoms with van der Waals surface area (Å²) in [5.74, 6) is 0. The van der Waals surface area contributed by atoms with E-state index in [0.717, 1.165) is 13.1 Å². The predicted octanol–water partition coefficient (Wildman–Crippen LogP) is 7.23. The Morgan fingerprint density at radius 2 is 0.500 bits per heavy atom. The Labute approximate surface area is 166 Å². The second-order valence-corrected chi connectivity index (χ2v) is 8.07. The summed E-state index contributed by atoms with van der Waals surface area (Å²) in [7, 11) is 0. The molecule has 0 aromatic rings. The van der Waals surface area contributed by atoms with E-state index in [1.54, 1.807) is 0 Å². The van der Waals surface area contributed by atoms with Gasteiger partial charge >= 0.3 is 0 Å². The third-order valence-electron chi connectivity index (χ3n) is 5.46. The lowest BCUT2D eigenvalue weighted by Crippen LogP contribution is -2.13. The Morgan fingerprint density at radius 3 is 0.692 bits per heavy atom. The highest BCUT2D eigenvalue weighted by molar-refractivity contribution is 4.52. The van der Waals surface area contributed by atoms with Gasteiger partial charge in [0.1, 0.15) is 0 Å². The number of hydrogen-bond acceptors (Lipinski definition) is 2. The molecule has 2 heteroatoms. The van der Waals surface area contributed by atoms with Crippen LogP contribution in [0.25, 0.3) is 0 Å². The maximum Gasteiger partial charge on any atom is -0.00490 e. The van der Waals surface area contributed by atoms with E-state index in [0.29, 0.717) is 0 Å². The summed E-state index contributed by atoms with van der Waals surface area (Å²) in [6.45, 7) is 9.06. The van der Waals surface area contributed by atoms with E-state index >= 15 is 0 Å². The van der Waals surface area contributed by atoms with Gasteiger partial charge in [-0.05, 0) is 39.0 Å². The molecule has 0 atom stereocenters. The van der Waals surface area contributed by atoms with Crippen molar-refractivity contribution in [1.29, 1.82) is 0 Å². The highest BCUT2D eigenvalue weighted by Crippen LogP contribution is 2.14. The molecule has 0 unspecified atom stereocenters. The molecule has 0 rings (SSSR count). The van der Waals surface area contributed by atoms with Crippen LogP contribution in [0.1, 0.15) is 129 Å². The van der Waals surface area contributed by atoms with Gasteiger partial charge in [0.15, 0.2) is 0 Å². The molecular formula is C24H52N2. The standard InChI is InChI=1S/C24H52N2/c1-3-25-23-21-19-17-15-13-11-9-7-5-6-8-10-12-14-16-18-20-22-24-26-4-2/h25-26H,3-24H2,1-2H3. The average molecular weight is 369 g/mol. The number of nitrogens with one attached hydrogen (secondary N) is 2. The van der Waals surface area contributed by atoms with E-state index in [9.17, 15) is 0 Å². The van der Waals surface area contributed by atoms with Crippen molar-refractivity contribution < 1.29 is 0 Å². The van der Waals surface area contributed by atoms with Crippen molar-refractivity contribution in [2.75, 3.05) is 26.2 Å². The Bertz CT molecular complexity index is 206. The molecule has 0 amide bonds. The molecule has 0 aliphatic heterocycles. The molecule has 0 fully saturated rings. The van der Waals surface area contributed by atoms with Crippen LogP contribution in [-0.2, 0) is 0 Å². The quantitative estimate of drug-likeness (QED) is 0.186. The predicted molar refractivity (Wildman–Crippen MR) is 120 cm³/mol. The number of hydrogen-bond donors (Lipinski definition) is 2. The highest BCUT2D eigenvalue weighted by Gasteiger charge is 1.95. The third kappa shape index (κ3) is 23.9. The zero-order chi connectivity index (χ0) is 19.0. The van der Waals surface area contributed by atoms with Crippen LogP contribution < -0.4 is 10.6 Å². The summed E-state index contributed by atoms with van der Waals surface area (Å²) in [5.41, 5.74) is 0. The van der Waals surface area contributed by atoms with Gasteiger partial charge in [-0.1, -0.05) is 117 Å². The lowest BCUT2D eigenvalue weighted by molar-refractivity contribution is 0.520. The second-order valence-electron chi connectivity index (χ2n) is 8.07. The van der Waals surface area contributed by atoms with Crippen molar-refractivity contribution in [1.82, 2.24) is 10.6 Å². The minimum absolute atomic E-state index is 1.12. The van der Waals surface area contributed by atoms with E-state index in [1.165, 1.54) is 129 Å². The summed E-state index contributed by atoms with van der Waals surface area (Å²) in [6, 6.07) is 0. The smallest absolute Gasteiger partial charge is 0.00490 e. The van der Waals surface area contributed by atoms with Gasteiger partial charge in [-0.2, -0.15) is 0 Å². The minimum atomic E-state index is 1.12. The molecule has 2 N–H and O–H groups in total. The Morgan fingerprint density at radius 1 is 0.308 bits per heavy atom. The first-order valence-corrected chi connectivity index (χ1v) is 12.3. The fourth-order valence-corrected chi connectivity index (χ4v) is 3.68. The first kappa shape index (κ1) is 25.9. The monoisotopic (exact) mass is 368 g/mol. The zero-order valence-electron chi connectivity index (χ0n) is 18.6. The Hall–Kier alpha value is -0.0800. The van der Waals surface area contributed by atoms with E-state index in [2.05, 4.69) is 24.5 Å². The van der Waals surface area contributed by atoms with Gasteiger partial charge in [0, 0.05) is 0 Å². The molecule has 0 aromatic carbocycles. The lowest BCUT2D eigenvalue weighted by Gasteiger charge is -2.04. The van der Waals surface area contributed by atoms with Crippen LogP contribution >= 0.6 is 0 Å².